The minimum atomic E-state index is -0.537. The summed E-state index contributed by atoms with van der Waals surface area (Å²) in [4.78, 5) is 19.5. The van der Waals surface area contributed by atoms with Gasteiger partial charge >= 0.3 is 5.97 Å². The molecule has 0 aliphatic carbocycles. The molecular weight excluding hydrogens is 352 g/mol. The second kappa shape index (κ2) is 6.93. The predicted molar refractivity (Wildman–Crippen MR) is 94.7 cm³/mol. The van der Waals surface area contributed by atoms with Gasteiger partial charge in [0.15, 0.2) is 5.69 Å². The van der Waals surface area contributed by atoms with E-state index in [1.807, 2.05) is 42.5 Å². The van der Waals surface area contributed by atoms with Crippen molar-refractivity contribution in [3.8, 4) is 11.5 Å². The molecule has 0 amide bonds. The fourth-order valence-corrected chi connectivity index (χ4v) is 3.03. The maximum atomic E-state index is 11.4. The normalized spacial score (nSPS) is 10.8. The average molecular weight is 364 g/mol. The number of fused-ring (bicyclic) bond motifs is 1. The number of carbonyl (C=O) groups excluding carboxylic acids is 1. The molecule has 2 aromatic heterocycles. The summed E-state index contributed by atoms with van der Waals surface area (Å²) in [5.74, 6) is -0.103. The third kappa shape index (κ3) is 3.14. The first-order valence-electron chi connectivity index (χ1n) is 7.64. The van der Waals surface area contributed by atoms with Gasteiger partial charge in [-0.05, 0) is 28.6 Å². The van der Waals surface area contributed by atoms with Crippen molar-refractivity contribution in [3.05, 3.63) is 60.6 Å². The van der Waals surface area contributed by atoms with Crippen LogP contribution >= 0.6 is 11.8 Å². The minimum absolute atomic E-state index is 0.138. The Kier molecular flexibility index (Phi) is 4.32. The number of hydrogen-bond donors (Lipinski definition) is 0. The summed E-state index contributed by atoms with van der Waals surface area (Å²) in [6, 6.07) is 13.9. The molecule has 0 unspecified atom stereocenters. The Bertz CT molecular complexity index is 1070. The van der Waals surface area contributed by atoms with E-state index in [2.05, 4.69) is 24.9 Å². The molecule has 0 N–H and O–H groups in total. The zero-order valence-electron chi connectivity index (χ0n) is 13.6. The molecule has 0 fully saturated rings. The molecule has 0 aliphatic rings. The van der Waals surface area contributed by atoms with Crippen LogP contribution in [-0.4, -0.2) is 33.2 Å². The highest BCUT2D eigenvalue weighted by Crippen LogP contribution is 2.31. The van der Waals surface area contributed by atoms with Gasteiger partial charge < -0.3 is 9.15 Å². The Morgan fingerprint density at radius 3 is 2.69 bits per heavy atom. The van der Waals surface area contributed by atoms with E-state index in [-0.39, 0.29) is 5.69 Å². The summed E-state index contributed by atoms with van der Waals surface area (Å²) in [6.07, 6.45) is 2.80. The highest BCUT2D eigenvalue weighted by Gasteiger charge is 2.14. The second-order valence-electron chi connectivity index (χ2n) is 5.23. The molecule has 8 heteroatoms. The number of nitrogens with zero attached hydrogens (tertiary/aromatic N) is 4. The van der Waals surface area contributed by atoms with Crippen molar-refractivity contribution >= 4 is 28.5 Å². The van der Waals surface area contributed by atoms with Crippen molar-refractivity contribution in [1.29, 1.82) is 0 Å². The zero-order chi connectivity index (χ0) is 17.9. The van der Waals surface area contributed by atoms with E-state index in [4.69, 9.17) is 4.42 Å². The van der Waals surface area contributed by atoms with E-state index in [0.29, 0.717) is 16.1 Å². The summed E-state index contributed by atoms with van der Waals surface area (Å²) in [5.41, 5.74) is 1.01. The van der Waals surface area contributed by atoms with Crippen molar-refractivity contribution in [3.63, 3.8) is 0 Å². The van der Waals surface area contributed by atoms with Crippen molar-refractivity contribution in [2.24, 2.45) is 0 Å². The van der Waals surface area contributed by atoms with Crippen molar-refractivity contribution in [2.45, 2.75) is 10.2 Å². The van der Waals surface area contributed by atoms with Crippen LogP contribution in [0.5, 0.6) is 0 Å². The molecule has 0 saturated carbocycles. The first-order valence-corrected chi connectivity index (χ1v) is 8.46. The minimum Gasteiger partial charge on any atom is -0.464 e. The summed E-state index contributed by atoms with van der Waals surface area (Å²) < 4.78 is 10.4. The van der Waals surface area contributed by atoms with Gasteiger partial charge in [-0.25, -0.2) is 14.8 Å². The van der Waals surface area contributed by atoms with E-state index < -0.39 is 5.97 Å². The maximum absolute atomic E-state index is 11.4. The van der Waals surface area contributed by atoms with Gasteiger partial charge in [0.2, 0.25) is 5.89 Å². The van der Waals surface area contributed by atoms with Gasteiger partial charge in [-0.2, -0.15) is 0 Å². The number of hydrogen-bond acceptors (Lipinski definition) is 8. The molecule has 4 aromatic rings. The average Bonchev–Trinajstić information content (AvgIpc) is 3.15. The molecule has 0 saturated heterocycles. The predicted octanol–water partition coefficient (Wildman–Crippen LogP) is 3.62. The molecule has 0 spiro atoms. The monoisotopic (exact) mass is 364 g/mol. The molecule has 2 aromatic carbocycles. The lowest BCUT2D eigenvalue weighted by Crippen LogP contribution is -2.04. The quantitative estimate of drug-likeness (QED) is 0.507. The summed E-state index contributed by atoms with van der Waals surface area (Å²) in [6.45, 7) is 0. The number of carbonyl (C=O) groups is 1. The Morgan fingerprint density at radius 1 is 1.04 bits per heavy atom. The third-order valence-corrected chi connectivity index (χ3v) is 4.40. The molecule has 0 aliphatic heterocycles. The van der Waals surface area contributed by atoms with E-state index in [0.717, 1.165) is 16.3 Å². The number of methoxy groups -OCH3 is 1. The van der Waals surface area contributed by atoms with Crippen molar-refractivity contribution in [2.75, 3.05) is 7.11 Å². The van der Waals surface area contributed by atoms with Gasteiger partial charge in [-0.3, -0.25) is 0 Å². The van der Waals surface area contributed by atoms with Crippen molar-refractivity contribution < 1.29 is 13.9 Å². The summed E-state index contributed by atoms with van der Waals surface area (Å²) >= 11 is 1.17. The Morgan fingerprint density at radius 2 is 1.88 bits per heavy atom. The zero-order valence-corrected chi connectivity index (χ0v) is 14.4. The first-order chi connectivity index (χ1) is 12.7. The molecule has 0 bridgehead atoms. The van der Waals surface area contributed by atoms with Gasteiger partial charge in [-0.15, -0.1) is 10.2 Å². The van der Waals surface area contributed by atoms with E-state index in [1.165, 1.54) is 31.3 Å². The molecule has 0 atom stereocenters. The van der Waals surface area contributed by atoms with Crippen LogP contribution in [0, 0.1) is 0 Å². The molecule has 2 heterocycles. The van der Waals surface area contributed by atoms with E-state index in [9.17, 15) is 4.79 Å². The highest BCUT2D eigenvalue weighted by molar-refractivity contribution is 7.99. The number of aromatic nitrogens is 4. The highest BCUT2D eigenvalue weighted by atomic mass is 32.2. The second-order valence-corrected chi connectivity index (χ2v) is 6.20. The van der Waals surface area contributed by atoms with Gasteiger partial charge in [0.05, 0.1) is 19.5 Å². The molecule has 26 heavy (non-hydrogen) atoms. The topological polar surface area (TPSA) is 91.0 Å². The van der Waals surface area contributed by atoms with Crippen LogP contribution in [0.4, 0.5) is 0 Å². The standard InChI is InChI=1S/C18H12N4O3S/c1-24-17(23)14-9-20-15(10-19-14)26-18-22-21-16(25-18)13-8-4-6-11-5-2-3-7-12(11)13/h2-10H,1H3. The van der Waals surface area contributed by atoms with Crippen LogP contribution in [0.15, 0.2) is 69.5 Å². The van der Waals surface area contributed by atoms with Gasteiger partial charge in [-0.1, -0.05) is 36.4 Å². The lowest BCUT2D eigenvalue weighted by atomic mass is 10.0. The first kappa shape index (κ1) is 16.2. The van der Waals surface area contributed by atoms with Crippen LogP contribution in [0.1, 0.15) is 10.5 Å². The van der Waals surface area contributed by atoms with Crippen LogP contribution in [-0.2, 0) is 4.74 Å². The maximum Gasteiger partial charge on any atom is 0.358 e. The Hall–Kier alpha value is -3.26. The smallest absolute Gasteiger partial charge is 0.358 e. The molecule has 7 nitrogen and oxygen atoms in total. The van der Waals surface area contributed by atoms with Gasteiger partial charge in [0.25, 0.3) is 5.22 Å². The number of esters is 1. The fraction of sp³-hybridized carbons (Fsp3) is 0.0556. The SMILES string of the molecule is COC(=O)c1cnc(Sc2nnc(-c3cccc4ccccc34)o2)cn1. The Labute approximate surface area is 152 Å². The number of ether oxygens (including phenoxy) is 1. The fourth-order valence-electron chi connectivity index (χ4n) is 2.44. The molecule has 128 valence electrons. The van der Waals surface area contributed by atoms with Gasteiger partial charge in [0, 0.05) is 5.56 Å². The largest absolute Gasteiger partial charge is 0.464 e. The van der Waals surface area contributed by atoms with Crippen LogP contribution in [0.3, 0.4) is 0 Å². The molecule has 0 radical (unpaired) electrons. The van der Waals surface area contributed by atoms with Crippen LogP contribution in [0.2, 0.25) is 0 Å². The van der Waals surface area contributed by atoms with E-state index in [1.54, 1.807) is 0 Å². The summed E-state index contributed by atoms with van der Waals surface area (Å²) in [5, 5.41) is 11.2. The lowest BCUT2D eigenvalue weighted by molar-refractivity contribution is 0.0593. The Balaban J connectivity index is 1.59. The van der Waals surface area contributed by atoms with Gasteiger partial charge in [0.1, 0.15) is 5.03 Å². The van der Waals surface area contributed by atoms with Crippen LogP contribution in [0.25, 0.3) is 22.2 Å². The third-order valence-electron chi connectivity index (χ3n) is 3.64. The molecule has 4 rings (SSSR count). The summed E-state index contributed by atoms with van der Waals surface area (Å²) in [7, 11) is 1.29. The van der Waals surface area contributed by atoms with Crippen molar-refractivity contribution in [1.82, 2.24) is 20.2 Å². The number of benzene rings is 2. The lowest BCUT2D eigenvalue weighted by Gasteiger charge is -2.01. The van der Waals surface area contributed by atoms with Crippen LogP contribution < -0.4 is 0 Å². The van der Waals surface area contributed by atoms with E-state index >= 15 is 0 Å². The number of rotatable bonds is 4. The molecular formula is C18H12N4O3S.